The Morgan fingerprint density at radius 1 is 1.13 bits per heavy atom. The molecule has 0 saturated carbocycles. The van der Waals surface area contributed by atoms with E-state index < -0.39 is 0 Å². The second-order valence-corrected chi connectivity index (χ2v) is 4.74. The van der Waals surface area contributed by atoms with Crippen molar-refractivity contribution in [2.75, 3.05) is 0 Å². The van der Waals surface area contributed by atoms with Gasteiger partial charge < -0.3 is 0 Å². The van der Waals surface area contributed by atoms with Gasteiger partial charge in [-0.2, -0.15) is 0 Å². The Labute approximate surface area is 110 Å². The highest BCUT2D eigenvalue weighted by molar-refractivity contribution is 9.08. The fourth-order valence-corrected chi connectivity index (χ4v) is 2.24. The molecular formula is C10H5BrCl3N. The Morgan fingerprint density at radius 3 is 2.53 bits per heavy atom. The third kappa shape index (κ3) is 2.09. The number of aromatic nitrogens is 1. The van der Waals surface area contributed by atoms with Crippen LogP contribution in [0.2, 0.25) is 15.1 Å². The molecule has 0 aliphatic rings. The second-order valence-electron chi connectivity index (χ2n) is 2.99. The van der Waals surface area contributed by atoms with Crippen LogP contribution in [0.1, 0.15) is 5.69 Å². The lowest BCUT2D eigenvalue weighted by Crippen LogP contribution is -1.88. The van der Waals surface area contributed by atoms with Gasteiger partial charge in [0.2, 0.25) is 0 Å². The summed E-state index contributed by atoms with van der Waals surface area (Å²) in [5.74, 6) is 0. The molecule has 0 fully saturated rings. The van der Waals surface area contributed by atoms with E-state index in [1.807, 2.05) is 12.1 Å². The van der Waals surface area contributed by atoms with Crippen LogP contribution >= 0.6 is 50.7 Å². The molecule has 0 amide bonds. The first kappa shape index (κ1) is 11.5. The van der Waals surface area contributed by atoms with Crippen molar-refractivity contribution in [3.05, 3.63) is 39.0 Å². The number of alkyl halides is 1. The van der Waals surface area contributed by atoms with Gasteiger partial charge in [-0.15, -0.1) is 0 Å². The number of pyridine rings is 1. The van der Waals surface area contributed by atoms with E-state index in [1.165, 1.54) is 0 Å². The molecule has 0 aliphatic heterocycles. The molecule has 0 N–H and O–H groups in total. The maximum atomic E-state index is 6.10. The van der Waals surface area contributed by atoms with Crippen LogP contribution in [0.4, 0.5) is 0 Å². The highest BCUT2D eigenvalue weighted by Gasteiger charge is 2.09. The van der Waals surface area contributed by atoms with Crippen molar-refractivity contribution in [1.82, 2.24) is 4.98 Å². The zero-order valence-electron chi connectivity index (χ0n) is 7.40. The molecule has 0 saturated heterocycles. The van der Waals surface area contributed by atoms with Crippen molar-refractivity contribution in [3.63, 3.8) is 0 Å². The average molecular weight is 325 g/mol. The van der Waals surface area contributed by atoms with Crippen LogP contribution in [0.15, 0.2) is 18.2 Å². The smallest absolute Gasteiger partial charge is 0.0922 e. The first-order chi connectivity index (χ1) is 7.13. The van der Waals surface area contributed by atoms with Gasteiger partial charge in [0, 0.05) is 10.7 Å². The molecule has 0 spiro atoms. The third-order valence-electron chi connectivity index (χ3n) is 2.01. The minimum absolute atomic E-state index is 0.443. The number of hydrogen-bond acceptors (Lipinski definition) is 1. The summed E-state index contributed by atoms with van der Waals surface area (Å²) in [4.78, 5) is 4.37. The fraction of sp³-hybridized carbons (Fsp3) is 0.100. The monoisotopic (exact) mass is 323 g/mol. The molecule has 1 aromatic carbocycles. The van der Waals surface area contributed by atoms with Gasteiger partial charge in [-0.1, -0.05) is 50.7 Å². The highest BCUT2D eigenvalue weighted by Crippen LogP contribution is 2.33. The maximum Gasteiger partial charge on any atom is 0.0922 e. The normalized spacial score (nSPS) is 10.9. The van der Waals surface area contributed by atoms with Gasteiger partial charge in [-0.3, -0.25) is 4.98 Å². The molecule has 5 heteroatoms. The van der Waals surface area contributed by atoms with Crippen LogP contribution in [0.5, 0.6) is 0 Å². The molecule has 78 valence electrons. The van der Waals surface area contributed by atoms with Crippen LogP contribution in [-0.4, -0.2) is 4.98 Å². The van der Waals surface area contributed by atoms with Gasteiger partial charge in [0.15, 0.2) is 0 Å². The molecule has 1 aromatic heterocycles. The van der Waals surface area contributed by atoms with E-state index in [0.29, 0.717) is 25.9 Å². The number of halogens is 4. The van der Waals surface area contributed by atoms with Crippen molar-refractivity contribution >= 4 is 61.6 Å². The molecule has 1 nitrogen and oxygen atoms in total. The van der Waals surface area contributed by atoms with Crippen LogP contribution < -0.4 is 0 Å². The molecule has 1 heterocycles. The van der Waals surface area contributed by atoms with Gasteiger partial charge >= 0.3 is 0 Å². The van der Waals surface area contributed by atoms with Crippen molar-refractivity contribution in [1.29, 1.82) is 0 Å². The molecule has 0 atom stereocenters. The number of hydrogen-bond donors (Lipinski definition) is 0. The lowest BCUT2D eigenvalue weighted by Gasteiger charge is -2.05. The van der Waals surface area contributed by atoms with E-state index >= 15 is 0 Å². The van der Waals surface area contributed by atoms with Crippen molar-refractivity contribution < 1.29 is 0 Å². The first-order valence-electron chi connectivity index (χ1n) is 4.12. The Hall–Kier alpha value is -0.0200. The quantitative estimate of drug-likeness (QED) is 0.666. The zero-order valence-corrected chi connectivity index (χ0v) is 11.3. The topological polar surface area (TPSA) is 12.9 Å². The zero-order chi connectivity index (χ0) is 11.0. The number of fused-ring (bicyclic) bond motifs is 1. The molecule has 0 bridgehead atoms. The van der Waals surface area contributed by atoms with Gasteiger partial charge in [-0.05, 0) is 18.2 Å². The van der Waals surface area contributed by atoms with Crippen LogP contribution in [0, 0.1) is 0 Å². The summed E-state index contributed by atoms with van der Waals surface area (Å²) in [6.45, 7) is 0. The average Bonchev–Trinajstić information content (AvgIpc) is 2.23. The summed E-state index contributed by atoms with van der Waals surface area (Å²) in [6, 6.07) is 5.34. The molecule has 2 aromatic rings. The summed E-state index contributed by atoms with van der Waals surface area (Å²) in [6.07, 6.45) is 0. The minimum Gasteiger partial charge on any atom is -0.250 e. The molecular weight excluding hydrogens is 320 g/mol. The molecule has 2 rings (SSSR count). The SMILES string of the molecule is Clc1ccc2c(Cl)cc(CBr)nc2c1Cl. The maximum absolute atomic E-state index is 6.10. The highest BCUT2D eigenvalue weighted by atomic mass is 79.9. The van der Waals surface area contributed by atoms with Crippen molar-refractivity contribution in [2.45, 2.75) is 5.33 Å². The van der Waals surface area contributed by atoms with E-state index in [2.05, 4.69) is 20.9 Å². The van der Waals surface area contributed by atoms with Crippen LogP contribution in [-0.2, 0) is 5.33 Å². The Kier molecular flexibility index (Phi) is 3.41. The summed E-state index contributed by atoms with van der Waals surface area (Å²) in [5, 5.41) is 3.01. The van der Waals surface area contributed by atoms with E-state index in [0.717, 1.165) is 11.1 Å². The number of benzene rings is 1. The Bertz CT molecular complexity index is 528. The standard InChI is InChI=1S/C10H5BrCl3N/c11-4-5-3-8(13)6-1-2-7(12)9(14)10(6)15-5/h1-3H,4H2. The van der Waals surface area contributed by atoms with Gasteiger partial charge in [0.1, 0.15) is 0 Å². The number of rotatable bonds is 1. The van der Waals surface area contributed by atoms with E-state index in [4.69, 9.17) is 34.8 Å². The van der Waals surface area contributed by atoms with Gasteiger partial charge in [0.25, 0.3) is 0 Å². The Morgan fingerprint density at radius 2 is 1.87 bits per heavy atom. The predicted molar refractivity (Wildman–Crippen MR) is 69.4 cm³/mol. The lowest BCUT2D eigenvalue weighted by atomic mass is 10.2. The van der Waals surface area contributed by atoms with E-state index in [9.17, 15) is 0 Å². The van der Waals surface area contributed by atoms with Crippen molar-refractivity contribution in [3.8, 4) is 0 Å². The van der Waals surface area contributed by atoms with Crippen LogP contribution in [0.3, 0.4) is 0 Å². The second kappa shape index (κ2) is 4.46. The molecule has 15 heavy (non-hydrogen) atoms. The Balaban J connectivity index is 2.86. The van der Waals surface area contributed by atoms with Gasteiger partial charge in [-0.25, -0.2) is 0 Å². The summed E-state index contributed by atoms with van der Waals surface area (Å²) >= 11 is 21.4. The summed E-state index contributed by atoms with van der Waals surface area (Å²) in [7, 11) is 0. The van der Waals surface area contributed by atoms with Crippen molar-refractivity contribution in [2.24, 2.45) is 0 Å². The largest absolute Gasteiger partial charge is 0.250 e. The predicted octanol–water partition coefficient (Wildman–Crippen LogP) is 5.09. The van der Waals surface area contributed by atoms with E-state index in [1.54, 1.807) is 6.07 Å². The lowest BCUT2D eigenvalue weighted by molar-refractivity contribution is 1.24. The summed E-state index contributed by atoms with van der Waals surface area (Å²) < 4.78 is 0. The van der Waals surface area contributed by atoms with Gasteiger partial charge in [0.05, 0.1) is 26.3 Å². The number of nitrogens with zero attached hydrogens (tertiary/aromatic N) is 1. The fourth-order valence-electron chi connectivity index (χ4n) is 1.31. The molecule has 0 radical (unpaired) electrons. The van der Waals surface area contributed by atoms with E-state index in [-0.39, 0.29) is 0 Å². The minimum atomic E-state index is 0.443. The van der Waals surface area contributed by atoms with Crippen LogP contribution in [0.25, 0.3) is 10.9 Å². The molecule has 0 unspecified atom stereocenters. The third-order valence-corrected chi connectivity index (χ3v) is 3.69. The molecule has 0 aliphatic carbocycles. The summed E-state index contributed by atoms with van der Waals surface area (Å²) in [5.41, 5.74) is 1.47. The first-order valence-corrected chi connectivity index (χ1v) is 6.38.